The Labute approximate surface area is 160 Å². The third-order valence-corrected chi connectivity index (χ3v) is 4.96. The quantitative estimate of drug-likeness (QED) is 0.656. The van der Waals surface area contributed by atoms with Crippen LogP contribution in [0.5, 0.6) is 0 Å². The Balaban J connectivity index is 1.57. The van der Waals surface area contributed by atoms with Crippen molar-refractivity contribution >= 4 is 11.8 Å². The van der Waals surface area contributed by atoms with Crippen LogP contribution in [0, 0.1) is 0 Å². The van der Waals surface area contributed by atoms with Gasteiger partial charge in [0, 0.05) is 36.6 Å². The number of nitrogens with one attached hydrogen (secondary N) is 2. The van der Waals surface area contributed by atoms with Crippen molar-refractivity contribution in [2.45, 2.75) is 44.7 Å². The number of anilines is 2. The minimum Gasteiger partial charge on any atom is -0.366 e. The van der Waals surface area contributed by atoms with E-state index in [9.17, 15) is 0 Å². The van der Waals surface area contributed by atoms with Crippen LogP contribution in [-0.4, -0.2) is 21.0 Å². The lowest BCUT2D eigenvalue weighted by molar-refractivity contribution is 0.461. The van der Waals surface area contributed by atoms with Crippen LogP contribution < -0.4 is 10.6 Å². The molecule has 0 bridgehead atoms. The topological polar surface area (TPSA) is 62.7 Å². The van der Waals surface area contributed by atoms with Gasteiger partial charge in [-0.3, -0.25) is 4.98 Å². The summed E-state index contributed by atoms with van der Waals surface area (Å²) in [5.74, 6) is 1.54. The first-order valence-electron chi connectivity index (χ1n) is 9.71. The minimum absolute atomic E-state index is 0.470. The molecule has 0 saturated heterocycles. The highest BCUT2D eigenvalue weighted by Gasteiger charge is 2.15. The molecule has 3 aromatic rings. The van der Waals surface area contributed by atoms with Crippen LogP contribution in [-0.2, 0) is 6.54 Å². The maximum Gasteiger partial charge on any atom is 0.225 e. The summed E-state index contributed by atoms with van der Waals surface area (Å²) in [7, 11) is 0. The summed E-state index contributed by atoms with van der Waals surface area (Å²) in [6.07, 6.45) is 9.90. The van der Waals surface area contributed by atoms with Crippen LogP contribution in [0.4, 0.5) is 11.8 Å². The molecule has 1 aromatic carbocycles. The van der Waals surface area contributed by atoms with Crippen molar-refractivity contribution < 1.29 is 0 Å². The predicted octanol–water partition coefficient (Wildman–Crippen LogP) is 4.90. The number of rotatable bonds is 6. The molecule has 0 atom stereocenters. The number of hydrogen-bond donors (Lipinski definition) is 2. The maximum absolute atomic E-state index is 4.78. The van der Waals surface area contributed by atoms with E-state index >= 15 is 0 Å². The maximum atomic E-state index is 4.78. The fourth-order valence-corrected chi connectivity index (χ4v) is 3.48. The molecule has 0 spiro atoms. The summed E-state index contributed by atoms with van der Waals surface area (Å²) in [4.78, 5) is 13.6. The second-order valence-electron chi connectivity index (χ2n) is 7.02. The predicted molar refractivity (Wildman–Crippen MR) is 110 cm³/mol. The zero-order valence-corrected chi connectivity index (χ0v) is 15.4. The van der Waals surface area contributed by atoms with E-state index in [4.69, 9.17) is 9.97 Å². The van der Waals surface area contributed by atoms with Crippen molar-refractivity contribution in [1.82, 2.24) is 15.0 Å². The molecule has 0 radical (unpaired) electrons. The Morgan fingerprint density at radius 1 is 0.889 bits per heavy atom. The van der Waals surface area contributed by atoms with E-state index in [1.807, 2.05) is 48.8 Å². The molecule has 2 N–H and O–H groups in total. The average Bonchev–Trinajstić information content (AvgIpc) is 2.74. The van der Waals surface area contributed by atoms with E-state index in [0.717, 1.165) is 17.1 Å². The molecule has 2 aromatic heterocycles. The summed E-state index contributed by atoms with van der Waals surface area (Å²) in [6, 6.07) is 16.8. The van der Waals surface area contributed by atoms with Gasteiger partial charge in [-0.15, -0.1) is 0 Å². The molecule has 5 nitrogen and oxygen atoms in total. The Bertz CT molecular complexity index is 845. The van der Waals surface area contributed by atoms with Crippen LogP contribution in [0.2, 0.25) is 0 Å². The van der Waals surface area contributed by atoms with E-state index in [1.165, 1.54) is 37.7 Å². The number of nitrogens with zero attached hydrogens (tertiary/aromatic N) is 3. The molecule has 1 aliphatic rings. The SMILES string of the molecule is c1ccc(-c2cc(NCc3ccncc3)nc(NC3CCCCC3)n2)cc1. The molecule has 1 aliphatic carbocycles. The first kappa shape index (κ1) is 17.5. The summed E-state index contributed by atoms with van der Waals surface area (Å²) < 4.78 is 0. The van der Waals surface area contributed by atoms with Crippen molar-refractivity contribution in [3.63, 3.8) is 0 Å². The van der Waals surface area contributed by atoms with Gasteiger partial charge in [0.15, 0.2) is 0 Å². The summed E-state index contributed by atoms with van der Waals surface area (Å²) in [6.45, 7) is 0.705. The van der Waals surface area contributed by atoms with Gasteiger partial charge in [-0.2, -0.15) is 4.98 Å². The first-order chi connectivity index (χ1) is 13.4. The van der Waals surface area contributed by atoms with Gasteiger partial charge in [0.1, 0.15) is 5.82 Å². The lowest BCUT2D eigenvalue weighted by atomic mass is 9.96. The van der Waals surface area contributed by atoms with Crippen LogP contribution in [0.3, 0.4) is 0 Å². The zero-order valence-electron chi connectivity index (χ0n) is 15.4. The van der Waals surface area contributed by atoms with Gasteiger partial charge >= 0.3 is 0 Å². The molecule has 1 fully saturated rings. The summed E-state index contributed by atoms with van der Waals surface area (Å²) >= 11 is 0. The van der Waals surface area contributed by atoms with Crippen molar-refractivity contribution in [2.75, 3.05) is 10.6 Å². The molecule has 0 aliphatic heterocycles. The average molecular weight is 359 g/mol. The van der Waals surface area contributed by atoms with Crippen molar-refractivity contribution in [3.8, 4) is 11.3 Å². The molecule has 2 heterocycles. The van der Waals surface area contributed by atoms with E-state index in [-0.39, 0.29) is 0 Å². The van der Waals surface area contributed by atoms with Crippen molar-refractivity contribution in [1.29, 1.82) is 0 Å². The molecular formula is C22H25N5. The normalized spacial score (nSPS) is 14.7. The number of benzene rings is 1. The van der Waals surface area contributed by atoms with Gasteiger partial charge in [0.25, 0.3) is 0 Å². The van der Waals surface area contributed by atoms with Gasteiger partial charge in [-0.1, -0.05) is 49.6 Å². The van der Waals surface area contributed by atoms with E-state index in [0.29, 0.717) is 18.5 Å². The summed E-state index contributed by atoms with van der Waals surface area (Å²) in [5.41, 5.74) is 3.20. The monoisotopic (exact) mass is 359 g/mol. The zero-order chi connectivity index (χ0) is 18.3. The van der Waals surface area contributed by atoms with Crippen LogP contribution >= 0.6 is 0 Å². The third-order valence-electron chi connectivity index (χ3n) is 4.96. The molecular weight excluding hydrogens is 334 g/mol. The summed E-state index contributed by atoms with van der Waals surface area (Å²) in [5, 5.41) is 6.99. The molecule has 5 heteroatoms. The fourth-order valence-electron chi connectivity index (χ4n) is 3.48. The smallest absolute Gasteiger partial charge is 0.225 e. The van der Waals surface area contributed by atoms with Gasteiger partial charge < -0.3 is 10.6 Å². The Morgan fingerprint density at radius 3 is 2.44 bits per heavy atom. The standard InChI is InChI=1S/C22H25N5/c1-3-7-18(8-4-1)20-15-21(24-16-17-11-13-23-14-12-17)27-22(26-20)25-19-9-5-2-6-10-19/h1,3-4,7-8,11-15,19H,2,5-6,9-10,16H2,(H2,24,25,26,27). The largest absolute Gasteiger partial charge is 0.366 e. The van der Waals surface area contributed by atoms with E-state index < -0.39 is 0 Å². The molecule has 138 valence electrons. The Kier molecular flexibility index (Phi) is 5.58. The lowest BCUT2D eigenvalue weighted by Gasteiger charge is -2.23. The minimum atomic E-state index is 0.470. The van der Waals surface area contributed by atoms with Crippen molar-refractivity contribution in [2.24, 2.45) is 0 Å². The molecule has 4 rings (SSSR count). The highest BCUT2D eigenvalue weighted by molar-refractivity contribution is 5.64. The molecule has 0 amide bonds. The van der Waals surface area contributed by atoms with Crippen LogP contribution in [0.1, 0.15) is 37.7 Å². The fraction of sp³-hybridized carbons (Fsp3) is 0.318. The second-order valence-corrected chi connectivity index (χ2v) is 7.02. The Morgan fingerprint density at radius 2 is 1.67 bits per heavy atom. The van der Waals surface area contributed by atoms with Gasteiger partial charge in [0.05, 0.1) is 5.69 Å². The molecule has 27 heavy (non-hydrogen) atoms. The highest BCUT2D eigenvalue weighted by atomic mass is 15.2. The lowest BCUT2D eigenvalue weighted by Crippen LogP contribution is -2.23. The number of hydrogen-bond acceptors (Lipinski definition) is 5. The van der Waals surface area contributed by atoms with Crippen molar-refractivity contribution in [3.05, 3.63) is 66.5 Å². The van der Waals surface area contributed by atoms with Crippen LogP contribution in [0.15, 0.2) is 60.9 Å². The second kappa shape index (κ2) is 8.62. The molecule has 0 unspecified atom stereocenters. The van der Waals surface area contributed by atoms with E-state index in [1.54, 1.807) is 0 Å². The van der Waals surface area contributed by atoms with Gasteiger partial charge in [0.2, 0.25) is 5.95 Å². The molecule has 1 saturated carbocycles. The van der Waals surface area contributed by atoms with E-state index in [2.05, 4.69) is 27.8 Å². The van der Waals surface area contributed by atoms with Gasteiger partial charge in [-0.25, -0.2) is 4.98 Å². The van der Waals surface area contributed by atoms with Crippen LogP contribution in [0.25, 0.3) is 11.3 Å². The third kappa shape index (κ3) is 4.82. The number of pyridine rings is 1. The first-order valence-corrected chi connectivity index (χ1v) is 9.71. The highest BCUT2D eigenvalue weighted by Crippen LogP contribution is 2.24. The van der Waals surface area contributed by atoms with Gasteiger partial charge in [-0.05, 0) is 30.5 Å². The number of aromatic nitrogens is 3. The Hall–Kier alpha value is -2.95.